The van der Waals surface area contributed by atoms with Gasteiger partial charge in [0, 0.05) is 23.2 Å². The lowest BCUT2D eigenvalue weighted by Crippen LogP contribution is -2.35. The molecule has 1 amide bonds. The molecule has 1 fully saturated rings. The van der Waals surface area contributed by atoms with Crippen molar-refractivity contribution in [1.82, 2.24) is 5.32 Å². The molecule has 1 aromatic heterocycles. The average Bonchev–Trinajstić information content (AvgIpc) is 2.91. The Balaban J connectivity index is 0.00000161. The van der Waals surface area contributed by atoms with Crippen LogP contribution in [0.2, 0.25) is 0 Å². The molecule has 0 bridgehead atoms. The van der Waals surface area contributed by atoms with Crippen LogP contribution < -0.4 is 16.3 Å². The van der Waals surface area contributed by atoms with Gasteiger partial charge in [-0.2, -0.15) is 0 Å². The minimum absolute atomic E-state index is 0. The van der Waals surface area contributed by atoms with Crippen LogP contribution in [-0.4, -0.2) is 18.5 Å². The molecule has 21 heavy (non-hydrogen) atoms. The summed E-state index contributed by atoms with van der Waals surface area (Å²) in [6.45, 7) is 2.74. The van der Waals surface area contributed by atoms with Crippen LogP contribution in [0.5, 0.6) is 0 Å². The number of hydrogen-bond donors (Lipinski definition) is 2. The Labute approximate surface area is 132 Å². The van der Waals surface area contributed by atoms with E-state index in [0.29, 0.717) is 11.3 Å². The summed E-state index contributed by atoms with van der Waals surface area (Å²) in [6.07, 6.45) is 1.87. The van der Waals surface area contributed by atoms with Gasteiger partial charge in [0.1, 0.15) is 5.58 Å². The van der Waals surface area contributed by atoms with Crippen LogP contribution in [0.25, 0.3) is 11.0 Å². The first-order valence-corrected chi connectivity index (χ1v) is 6.72. The maximum Gasteiger partial charge on any atom is 0.336 e. The third kappa shape index (κ3) is 3.33. The summed E-state index contributed by atoms with van der Waals surface area (Å²) in [5.41, 5.74) is 1.62. The minimum atomic E-state index is -0.379. The van der Waals surface area contributed by atoms with Crippen LogP contribution in [0.1, 0.15) is 18.4 Å². The molecule has 2 aromatic rings. The van der Waals surface area contributed by atoms with Crippen molar-refractivity contribution < 1.29 is 9.21 Å². The summed E-state index contributed by atoms with van der Waals surface area (Å²) in [5.74, 6) is -0.0446. The molecule has 3 rings (SSSR count). The Kier molecular flexibility index (Phi) is 4.80. The summed E-state index contributed by atoms with van der Waals surface area (Å²) in [7, 11) is 0. The van der Waals surface area contributed by atoms with Crippen molar-refractivity contribution in [3.63, 3.8) is 0 Å². The van der Waals surface area contributed by atoms with Crippen molar-refractivity contribution in [3.8, 4) is 0 Å². The first kappa shape index (κ1) is 15.7. The quantitative estimate of drug-likeness (QED) is 0.814. The maximum atomic E-state index is 12.0. The van der Waals surface area contributed by atoms with Crippen LogP contribution >= 0.6 is 17.0 Å². The smallest absolute Gasteiger partial charge is 0.336 e. The van der Waals surface area contributed by atoms with E-state index in [0.717, 1.165) is 30.3 Å². The van der Waals surface area contributed by atoms with Gasteiger partial charge >= 0.3 is 5.63 Å². The summed E-state index contributed by atoms with van der Waals surface area (Å²) < 4.78 is 5.17. The number of nitrogens with one attached hydrogen (secondary N) is 2. The molecule has 2 heterocycles. The molecule has 112 valence electrons. The van der Waals surface area contributed by atoms with Gasteiger partial charge in [-0.05, 0) is 44.0 Å². The third-order valence-corrected chi connectivity index (χ3v) is 3.60. The fraction of sp³-hybridized carbons (Fsp3) is 0.333. The second kappa shape index (κ2) is 6.41. The van der Waals surface area contributed by atoms with Gasteiger partial charge in [-0.25, -0.2) is 4.79 Å². The number of rotatable bonds is 2. The van der Waals surface area contributed by atoms with Crippen LogP contribution in [0.15, 0.2) is 33.5 Å². The molecule has 1 saturated heterocycles. The summed E-state index contributed by atoms with van der Waals surface area (Å²) in [4.78, 5) is 23.4. The Hall–Kier alpha value is -1.66. The van der Waals surface area contributed by atoms with E-state index in [9.17, 15) is 9.59 Å². The predicted octanol–water partition coefficient (Wildman–Crippen LogP) is 2.37. The number of carbonyl (C=O) groups is 1. The van der Waals surface area contributed by atoms with Crippen molar-refractivity contribution >= 4 is 39.5 Å². The van der Waals surface area contributed by atoms with Crippen LogP contribution in [0, 0.1) is 6.92 Å². The van der Waals surface area contributed by atoms with Crippen LogP contribution in [0.3, 0.4) is 0 Å². The first-order valence-electron chi connectivity index (χ1n) is 6.72. The zero-order valence-electron chi connectivity index (χ0n) is 11.6. The molecule has 1 atom stereocenters. The average molecular weight is 353 g/mol. The number of benzene rings is 1. The van der Waals surface area contributed by atoms with Gasteiger partial charge in [-0.15, -0.1) is 17.0 Å². The zero-order valence-corrected chi connectivity index (χ0v) is 13.4. The summed E-state index contributed by atoms with van der Waals surface area (Å²) >= 11 is 0. The fourth-order valence-electron chi connectivity index (χ4n) is 2.54. The van der Waals surface area contributed by atoms with E-state index in [1.165, 1.54) is 6.07 Å². The lowest BCUT2D eigenvalue weighted by Gasteiger charge is -2.11. The van der Waals surface area contributed by atoms with E-state index in [2.05, 4.69) is 10.6 Å². The number of hydrogen-bond acceptors (Lipinski definition) is 4. The van der Waals surface area contributed by atoms with Gasteiger partial charge in [0.25, 0.3) is 0 Å². The molecule has 6 heteroatoms. The molecule has 2 N–H and O–H groups in total. The molecule has 0 radical (unpaired) electrons. The first-order chi connectivity index (χ1) is 9.63. The molecule has 0 spiro atoms. The Morgan fingerprint density at radius 2 is 2.19 bits per heavy atom. The second-order valence-corrected chi connectivity index (χ2v) is 5.10. The second-order valence-electron chi connectivity index (χ2n) is 5.10. The number of carbonyl (C=O) groups excluding carboxylic acids is 1. The lowest BCUT2D eigenvalue weighted by atomic mass is 10.1. The minimum Gasteiger partial charge on any atom is -0.423 e. The molecule has 0 aliphatic carbocycles. The van der Waals surface area contributed by atoms with Crippen molar-refractivity contribution in [2.75, 3.05) is 11.9 Å². The van der Waals surface area contributed by atoms with E-state index in [4.69, 9.17) is 4.42 Å². The Bertz CT molecular complexity index is 720. The SMILES string of the molecule is Br.Cc1cc(=O)oc2cc(NC(=O)[C@H]3CCCN3)ccc12. The molecule has 1 aromatic carbocycles. The molecule has 1 aliphatic heterocycles. The normalized spacial score (nSPS) is 17.5. The van der Waals surface area contributed by atoms with Gasteiger partial charge in [0.05, 0.1) is 6.04 Å². The van der Waals surface area contributed by atoms with E-state index < -0.39 is 0 Å². The highest BCUT2D eigenvalue weighted by Crippen LogP contribution is 2.21. The largest absolute Gasteiger partial charge is 0.423 e. The van der Waals surface area contributed by atoms with Crippen LogP contribution in [-0.2, 0) is 4.79 Å². The number of amides is 1. The topological polar surface area (TPSA) is 71.3 Å². The summed E-state index contributed by atoms with van der Waals surface area (Å²) in [6, 6.07) is 6.70. The molecular formula is C15H17BrN2O3. The van der Waals surface area contributed by atoms with Gasteiger partial charge in [0.15, 0.2) is 0 Å². The van der Waals surface area contributed by atoms with E-state index in [1.807, 2.05) is 19.1 Å². The molecule has 0 saturated carbocycles. The highest BCUT2D eigenvalue weighted by Gasteiger charge is 2.21. The molecule has 1 aliphatic rings. The van der Waals surface area contributed by atoms with Gasteiger partial charge in [0.2, 0.25) is 5.91 Å². The number of halogens is 1. The standard InChI is InChI=1S/C15H16N2O3.BrH/c1-9-7-14(18)20-13-8-10(4-5-11(9)13)17-15(19)12-3-2-6-16-12;/h4-5,7-8,12,16H,2-3,6H2,1H3,(H,17,19);1H/t12-;/m1./s1. The number of fused-ring (bicyclic) bond motifs is 1. The third-order valence-electron chi connectivity index (χ3n) is 3.60. The molecule has 0 unspecified atom stereocenters. The lowest BCUT2D eigenvalue weighted by molar-refractivity contribution is -0.117. The number of aryl methyl sites for hydroxylation is 1. The highest BCUT2D eigenvalue weighted by molar-refractivity contribution is 8.93. The predicted molar refractivity (Wildman–Crippen MR) is 87.2 cm³/mol. The highest BCUT2D eigenvalue weighted by atomic mass is 79.9. The molecule has 5 nitrogen and oxygen atoms in total. The van der Waals surface area contributed by atoms with Gasteiger partial charge in [-0.1, -0.05) is 0 Å². The number of anilines is 1. The molecular weight excluding hydrogens is 336 g/mol. The fourth-order valence-corrected chi connectivity index (χ4v) is 2.54. The maximum absolute atomic E-state index is 12.0. The zero-order chi connectivity index (χ0) is 14.1. The van der Waals surface area contributed by atoms with E-state index in [1.54, 1.807) is 6.07 Å². The van der Waals surface area contributed by atoms with Gasteiger partial charge in [-0.3, -0.25) is 4.79 Å². The monoisotopic (exact) mass is 352 g/mol. The van der Waals surface area contributed by atoms with Crippen molar-refractivity contribution in [1.29, 1.82) is 0 Å². The van der Waals surface area contributed by atoms with Crippen molar-refractivity contribution in [3.05, 3.63) is 40.2 Å². The van der Waals surface area contributed by atoms with Crippen molar-refractivity contribution in [2.24, 2.45) is 0 Å². The van der Waals surface area contributed by atoms with E-state index >= 15 is 0 Å². The van der Waals surface area contributed by atoms with Crippen LogP contribution in [0.4, 0.5) is 5.69 Å². The summed E-state index contributed by atoms with van der Waals surface area (Å²) in [5, 5.41) is 6.87. The Morgan fingerprint density at radius 1 is 1.38 bits per heavy atom. The van der Waals surface area contributed by atoms with Crippen molar-refractivity contribution in [2.45, 2.75) is 25.8 Å². The van der Waals surface area contributed by atoms with Gasteiger partial charge < -0.3 is 15.1 Å². The Morgan fingerprint density at radius 3 is 2.90 bits per heavy atom. The van der Waals surface area contributed by atoms with E-state index in [-0.39, 0.29) is 34.6 Å².